The normalized spacial score (nSPS) is 11.2. The molecule has 2 N–H and O–H groups in total. The van der Waals surface area contributed by atoms with Crippen LogP contribution in [0.2, 0.25) is 0 Å². The first-order valence-corrected chi connectivity index (χ1v) is 5.04. The Morgan fingerprint density at radius 3 is 2.71 bits per heavy atom. The molecule has 0 aromatic heterocycles. The first kappa shape index (κ1) is 13.1. The molecule has 6 nitrogen and oxygen atoms in total. The second kappa shape index (κ2) is 4.92. The molecule has 1 rings (SSSR count). The van der Waals surface area contributed by atoms with Crippen molar-refractivity contribution in [1.29, 1.82) is 0 Å². The Bertz CT molecular complexity index is 443. The first-order valence-electron chi connectivity index (χ1n) is 5.04. The molecular formula is C11H14N2O4. The van der Waals surface area contributed by atoms with E-state index in [1.54, 1.807) is 12.1 Å². The maximum absolute atomic E-state index is 10.8. The third-order valence-corrected chi connectivity index (χ3v) is 2.39. The summed E-state index contributed by atoms with van der Waals surface area (Å²) in [5.41, 5.74) is -0.393. The van der Waals surface area contributed by atoms with Gasteiger partial charge in [-0.25, -0.2) is 0 Å². The van der Waals surface area contributed by atoms with Crippen molar-refractivity contribution in [2.75, 3.05) is 0 Å². The summed E-state index contributed by atoms with van der Waals surface area (Å²) in [6.45, 7) is 3.33. The molecular weight excluding hydrogens is 224 g/mol. The molecule has 0 saturated carbocycles. The molecule has 6 heteroatoms. The number of aliphatic carboxylic acids is 1. The molecule has 0 heterocycles. The van der Waals surface area contributed by atoms with E-state index in [1.807, 2.05) is 0 Å². The molecule has 92 valence electrons. The van der Waals surface area contributed by atoms with Crippen molar-refractivity contribution >= 4 is 11.7 Å². The molecule has 1 aromatic rings. The van der Waals surface area contributed by atoms with Crippen LogP contribution in [0, 0.1) is 10.1 Å². The van der Waals surface area contributed by atoms with E-state index < -0.39 is 16.4 Å². The molecule has 0 unspecified atom stereocenters. The SMILES string of the molecule is CC(C)(NCc1cccc([N+](=O)[O-])c1)C(=O)O. The number of rotatable bonds is 5. The van der Waals surface area contributed by atoms with E-state index in [0.29, 0.717) is 5.56 Å². The Labute approximate surface area is 98.4 Å². The van der Waals surface area contributed by atoms with E-state index >= 15 is 0 Å². The Kier molecular flexibility index (Phi) is 3.80. The number of nitro benzene ring substituents is 1. The molecule has 0 bridgehead atoms. The molecule has 0 spiro atoms. The molecule has 0 radical (unpaired) electrons. The Morgan fingerprint density at radius 1 is 1.53 bits per heavy atom. The smallest absolute Gasteiger partial charge is 0.323 e. The predicted octanol–water partition coefficient (Wildman–Crippen LogP) is 1.55. The van der Waals surface area contributed by atoms with Gasteiger partial charge in [0.15, 0.2) is 0 Å². The number of nitro groups is 1. The molecule has 17 heavy (non-hydrogen) atoms. The molecule has 0 amide bonds. The van der Waals surface area contributed by atoms with Gasteiger partial charge in [-0.1, -0.05) is 12.1 Å². The average Bonchev–Trinajstić information content (AvgIpc) is 2.26. The highest BCUT2D eigenvalue weighted by molar-refractivity contribution is 5.77. The van der Waals surface area contributed by atoms with Crippen LogP contribution in [0.1, 0.15) is 19.4 Å². The number of carbonyl (C=O) groups is 1. The number of carboxylic acid groups (broad SMARTS) is 1. The minimum absolute atomic E-state index is 0.00238. The van der Waals surface area contributed by atoms with Crippen LogP contribution in [0.3, 0.4) is 0 Å². The number of nitrogens with zero attached hydrogens (tertiary/aromatic N) is 1. The number of carboxylic acids is 1. The fourth-order valence-electron chi connectivity index (χ4n) is 1.18. The third-order valence-electron chi connectivity index (χ3n) is 2.39. The van der Waals surface area contributed by atoms with Gasteiger partial charge in [0.2, 0.25) is 0 Å². The number of hydrogen-bond donors (Lipinski definition) is 2. The largest absolute Gasteiger partial charge is 0.480 e. The monoisotopic (exact) mass is 238 g/mol. The number of hydrogen-bond acceptors (Lipinski definition) is 4. The van der Waals surface area contributed by atoms with Gasteiger partial charge < -0.3 is 5.11 Å². The van der Waals surface area contributed by atoms with Crippen LogP contribution in [0.25, 0.3) is 0 Å². The van der Waals surface area contributed by atoms with E-state index in [1.165, 1.54) is 26.0 Å². The summed E-state index contributed by atoms with van der Waals surface area (Å²) in [5, 5.41) is 22.3. The van der Waals surface area contributed by atoms with Gasteiger partial charge in [-0.3, -0.25) is 20.2 Å². The second-order valence-electron chi connectivity index (χ2n) is 4.21. The minimum Gasteiger partial charge on any atom is -0.480 e. The van der Waals surface area contributed by atoms with Crippen molar-refractivity contribution in [2.24, 2.45) is 0 Å². The lowest BCUT2D eigenvalue weighted by atomic mass is 10.1. The van der Waals surface area contributed by atoms with Crippen molar-refractivity contribution in [1.82, 2.24) is 5.32 Å². The summed E-state index contributed by atoms with van der Waals surface area (Å²) in [7, 11) is 0. The van der Waals surface area contributed by atoms with Crippen molar-refractivity contribution in [3.8, 4) is 0 Å². The molecule has 1 aromatic carbocycles. The fourth-order valence-corrected chi connectivity index (χ4v) is 1.18. The van der Waals surface area contributed by atoms with Gasteiger partial charge in [0.05, 0.1) is 4.92 Å². The van der Waals surface area contributed by atoms with E-state index in [9.17, 15) is 14.9 Å². The number of nitrogens with one attached hydrogen (secondary N) is 1. The van der Waals surface area contributed by atoms with E-state index in [4.69, 9.17) is 5.11 Å². The van der Waals surface area contributed by atoms with Crippen molar-refractivity contribution < 1.29 is 14.8 Å². The van der Waals surface area contributed by atoms with Gasteiger partial charge in [0.1, 0.15) is 5.54 Å². The van der Waals surface area contributed by atoms with E-state index in [2.05, 4.69) is 5.32 Å². The molecule has 0 aliphatic carbocycles. The highest BCUT2D eigenvalue weighted by Gasteiger charge is 2.25. The number of benzene rings is 1. The highest BCUT2D eigenvalue weighted by atomic mass is 16.6. The van der Waals surface area contributed by atoms with Gasteiger partial charge in [-0.05, 0) is 19.4 Å². The summed E-state index contributed by atoms with van der Waals surface area (Å²) >= 11 is 0. The minimum atomic E-state index is -1.06. The molecule has 0 atom stereocenters. The van der Waals surface area contributed by atoms with Crippen molar-refractivity contribution in [2.45, 2.75) is 25.9 Å². The fraction of sp³-hybridized carbons (Fsp3) is 0.364. The standard InChI is InChI=1S/C11H14N2O4/c1-11(2,10(14)15)12-7-8-4-3-5-9(6-8)13(16)17/h3-6,12H,7H2,1-2H3,(H,14,15). The maximum atomic E-state index is 10.8. The van der Waals surface area contributed by atoms with Crippen LogP contribution in [0.4, 0.5) is 5.69 Å². The van der Waals surface area contributed by atoms with Crippen molar-refractivity contribution in [3.05, 3.63) is 39.9 Å². The van der Waals surface area contributed by atoms with E-state index in [0.717, 1.165) is 0 Å². The Balaban J connectivity index is 2.73. The van der Waals surface area contributed by atoms with Gasteiger partial charge >= 0.3 is 5.97 Å². The summed E-state index contributed by atoms with van der Waals surface area (Å²) in [5.74, 6) is -0.970. The lowest BCUT2D eigenvalue weighted by molar-refractivity contribution is -0.384. The summed E-state index contributed by atoms with van der Waals surface area (Å²) in [6, 6.07) is 6.09. The van der Waals surface area contributed by atoms with E-state index in [-0.39, 0.29) is 12.2 Å². The average molecular weight is 238 g/mol. The molecule has 0 fully saturated rings. The van der Waals surface area contributed by atoms with Crippen LogP contribution >= 0.6 is 0 Å². The Morgan fingerprint density at radius 2 is 2.18 bits per heavy atom. The lowest BCUT2D eigenvalue weighted by Gasteiger charge is -2.20. The molecule has 0 aliphatic rings. The van der Waals surface area contributed by atoms with Crippen molar-refractivity contribution in [3.63, 3.8) is 0 Å². The topological polar surface area (TPSA) is 92.5 Å². The molecule has 0 saturated heterocycles. The van der Waals surface area contributed by atoms with Gasteiger partial charge in [0, 0.05) is 18.7 Å². The van der Waals surface area contributed by atoms with Crippen LogP contribution in [0.5, 0.6) is 0 Å². The van der Waals surface area contributed by atoms with Crippen LogP contribution in [-0.2, 0) is 11.3 Å². The van der Waals surface area contributed by atoms with Crippen LogP contribution < -0.4 is 5.32 Å². The summed E-state index contributed by atoms with van der Waals surface area (Å²) in [4.78, 5) is 20.9. The van der Waals surface area contributed by atoms with Gasteiger partial charge in [-0.2, -0.15) is 0 Å². The molecule has 0 aliphatic heterocycles. The maximum Gasteiger partial charge on any atom is 0.323 e. The van der Waals surface area contributed by atoms with Crippen LogP contribution in [0.15, 0.2) is 24.3 Å². The zero-order chi connectivity index (χ0) is 13.1. The Hall–Kier alpha value is -1.95. The van der Waals surface area contributed by atoms with Gasteiger partial charge in [0.25, 0.3) is 5.69 Å². The number of non-ortho nitro benzene ring substituents is 1. The predicted molar refractivity (Wildman–Crippen MR) is 61.7 cm³/mol. The zero-order valence-electron chi connectivity index (χ0n) is 9.64. The van der Waals surface area contributed by atoms with Crippen LogP contribution in [-0.4, -0.2) is 21.5 Å². The second-order valence-corrected chi connectivity index (χ2v) is 4.21. The lowest BCUT2D eigenvalue weighted by Crippen LogP contribution is -2.46. The zero-order valence-corrected chi connectivity index (χ0v) is 9.64. The highest BCUT2D eigenvalue weighted by Crippen LogP contribution is 2.14. The van der Waals surface area contributed by atoms with Gasteiger partial charge in [-0.15, -0.1) is 0 Å². The first-order chi connectivity index (χ1) is 7.83. The summed E-state index contributed by atoms with van der Waals surface area (Å²) < 4.78 is 0. The quantitative estimate of drug-likeness (QED) is 0.599. The third kappa shape index (κ3) is 3.53. The summed E-state index contributed by atoms with van der Waals surface area (Å²) in [6.07, 6.45) is 0.